The normalized spacial score (nSPS) is 28.3. The van der Waals surface area contributed by atoms with E-state index in [-0.39, 0.29) is 0 Å². The third kappa shape index (κ3) is 2.55. The van der Waals surface area contributed by atoms with Crippen LogP contribution in [0.5, 0.6) is 5.75 Å². The number of hydrogen-bond donors (Lipinski definition) is 1. The molecule has 0 aliphatic heterocycles. The van der Waals surface area contributed by atoms with Crippen molar-refractivity contribution in [1.29, 1.82) is 0 Å². The topological polar surface area (TPSA) is 63.6 Å². The Morgan fingerprint density at radius 1 is 1.17 bits per heavy atom. The molecular formula is C14H13F5O4S. The van der Waals surface area contributed by atoms with E-state index in [0.717, 1.165) is 18.4 Å². The van der Waals surface area contributed by atoms with Crippen molar-refractivity contribution in [3.8, 4) is 5.75 Å². The summed E-state index contributed by atoms with van der Waals surface area (Å²) in [6, 6.07) is 1.85. The third-order valence-electron chi connectivity index (χ3n) is 4.18. The summed E-state index contributed by atoms with van der Waals surface area (Å²) >= 11 is 0. The molecule has 0 unspecified atom stereocenters. The molecule has 0 bridgehead atoms. The Morgan fingerprint density at radius 2 is 1.75 bits per heavy atom. The highest BCUT2D eigenvalue weighted by molar-refractivity contribution is 7.90. The second-order valence-electron chi connectivity index (χ2n) is 6.11. The number of alkyl halides is 5. The van der Waals surface area contributed by atoms with E-state index in [1.54, 1.807) is 0 Å². The quantitative estimate of drug-likeness (QED) is 0.829. The van der Waals surface area contributed by atoms with Crippen LogP contribution in [0.1, 0.15) is 36.2 Å². The minimum Gasteiger partial charge on any atom is -0.490 e. The number of aliphatic hydroxyl groups excluding tert-OH is 1. The number of aliphatic hydroxyl groups is 1. The van der Waals surface area contributed by atoms with Crippen LogP contribution in [-0.4, -0.2) is 37.7 Å². The zero-order valence-corrected chi connectivity index (χ0v) is 13.1. The molecule has 1 aromatic carbocycles. The lowest BCUT2D eigenvalue weighted by atomic mass is 9.91. The van der Waals surface area contributed by atoms with Gasteiger partial charge in [-0.25, -0.2) is 21.6 Å². The van der Waals surface area contributed by atoms with E-state index in [1.807, 2.05) is 0 Å². The Kier molecular flexibility index (Phi) is 3.66. The molecule has 1 fully saturated rings. The summed E-state index contributed by atoms with van der Waals surface area (Å²) in [7, 11) is -4.03. The summed E-state index contributed by atoms with van der Waals surface area (Å²) in [6.45, 7) is 0. The highest BCUT2D eigenvalue weighted by Gasteiger charge is 2.59. The van der Waals surface area contributed by atoms with Gasteiger partial charge < -0.3 is 9.84 Å². The number of fused-ring (bicyclic) bond motifs is 1. The van der Waals surface area contributed by atoms with Crippen molar-refractivity contribution < 1.29 is 40.2 Å². The lowest BCUT2D eigenvalue weighted by Gasteiger charge is -2.35. The van der Waals surface area contributed by atoms with Crippen molar-refractivity contribution in [2.45, 2.75) is 48.0 Å². The first-order valence-electron chi connectivity index (χ1n) is 6.96. The van der Waals surface area contributed by atoms with Crippen molar-refractivity contribution in [1.82, 2.24) is 0 Å². The van der Waals surface area contributed by atoms with Gasteiger partial charge in [-0.05, 0) is 12.1 Å². The number of halogens is 5. The molecule has 134 valence electrons. The van der Waals surface area contributed by atoms with Crippen molar-refractivity contribution in [3.05, 3.63) is 23.3 Å². The number of hydrogen-bond acceptors (Lipinski definition) is 4. The summed E-state index contributed by atoms with van der Waals surface area (Å²) in [5.41, 5.74) is -1.58. The summed E-state index contributed by atoms with van der Waals surface area (Å²) < 4.78 is 96.1. The summed E-state index contributed by atoms with van der Waals surface area (Å²) in [6.07, 6.45) is -7.23. The fourth-order valence-corrected chi connectivity index (χ4v) is 3.90. The van der Waals surface area contributed by atoms with Crippen LogP contribution in [-0.2, 0) is 9.84 Å². The van der Waals surface area contributed by atoms with Crippen LogP contribution in [0.2, 0.25) is 0 Å². The molecule has 0 saturated heterocycles. The molecule has 2 atom stereocenters. The molecule has 10 heteroatoms. The highest BCUT2D eigenvalue weighted by atomic mass is 32.2. The van der Waals surface area contributed by atoms with Gasteiger partial charge in [0.25, 0.3) is 5.92 Å². The molecule has 0 aromatic heterocycles. The maximum atomic E-state index is 14.2. The van der Waals surface area contributed by atoms with Crippen molar-refractivity contribution in [3.63, 3.8) is 0 Å². The Balaban J connectivity index is 2.08. The smallest absolute Gasteiger partial charge is 0.312 e. The monoisotopic (exact) mass is 372 g/mol. The largest absolute Gasteiger partial charge is 0.490 e. The van der Waals surface area contributed by atoms with Crippen LogP contribution in [0, 0.1) is 0 Å². The first kappa shape index (κ1) is 17.4. The Bertz CT molecular complexity index is 785. The van der Waals surface area contributed by atoms with Crippen LogP contribution in [0.3, 0.4) is 0 Å². The second-order valence-corrected chi connectivity index (χ2v) is 8.09. The average Bonchev–Trinajstić information content (AvgIpc) is 2.58. The summed E-state index contributed by atoms with van der Waals surface area (Å²) in [5, 5.41) is 9.71. The second kappa shape index (κ2) is 5.04. The van der Waals surface area contributed by atoms with E-state index < -0.39 is 74.7 Å². The van der Waals surface area contributed by atoms with Gasteiger partial charge in [0, 0.05) is 30.2 Å². The Morgan fingerprint density at radius 3 is 2.25 bits per heavy atom. The van der Waals surface area contributed by atoms with Crippen molar-refractivity contribution in [2.24, 2.45) is 0 Å². The lowest BCUT2D eigenvalue weighted by molar-refractivity contribution is -0.145. The van der Waals surface area contributed by atoms with Gasteiger partial charge in [-0.2, -0.15) is 8.78 Å². The van der Waals surface area contributed by atoms with E-state index in [1.165, 1.54) is 0 Å². The maximum absolute atomic E-state index is 14.2. The Hall–Kier alpha value is -1.42. The number of ether oxygens (including phenoxy) is 1. The van der Waals surface area contributed by atoms with Crippen molar-refractivity contribution in [2.75, 3.05) is 6.26 Å². The first-order chi connectivity index (χ1) is 10.8. The molecule has 24 heavy (non-hydrogen) atoms. The van der Waals surface area contributed by atoms with Gasteiger partial charge in [-0.3, -0.25) is 0 Å². The predicted molar refractivity (Wildman–Crippen MR) is 71.9 cm³/mol. The molecule has 0 spiro atoms. The molecule has 1 N–H and O–H groups in total. The zero-order chi connectivity index (χ0) is 18.1. The van der Waals surface area contributed by atoms with E-state index in [2.05, 4.69) is 0 Å². The van der Waals surface area contributed by atoms with Crippen LogP contribution in [0.4, 0.5) is 22.0 Å². The third-order valence-corrected chi connectivity index (χ3v) is 5.34. The molecular weight excluding hydrogens is 359 g/mol. The van der Waals surface area contributed by atoms with E-state index in [9.17, 15) is 35.5 Å². The molecule has 0 amide bonds. The summed E-state index contributed by atoms with van der Waals surface area (Å²) in [4.78, 5) is -0.642. The molecule has 3 rings (SSSR count). The maximum Gasteiger partial charge on any atom is 0.312 e. The standard InChI is InChI=1S/C14H13F5O4S/c1-24(21,22)8-3-2-7(23-6-4-13(16,17)5-6)9-10(8)12(20)14(18,19)11(9)15/h2-3,6,11-12,20H,4-5H2,1H3/t11-,12+/m1/s1. The Labute approximate surface area is 134 Å². The molecule has 2 aliphatic carbocycles. The van der Waals surface area contributed by atoms with E-state index in [4.69, 9.17) is 4.74 Å². The minimum atomic E-state index is -4.25. The first-order valence-corrected chi connectivity index (χ1v) is 8.85. The SMILES string of the molecule is CS(=O)(=O)c1ccc(OC2CC(F)(F)C2)c2c1[C@H](O)C(F)(F)[C@@H]2F. The van der Waals surface area contributed by atoms with Crippen LogP contribution in [0.15, 0.2) is 17.0 Å². The van der Waals surface area contributed by atoms with Gasteiger partial charge in [0.2, 0.25) is 0 Å². The molecule has 0 radical (unpaired) electrons. The fraction of sp³-hybridized carbons (Fsp3) is 0.571. The zero-order valence-electron chi connectivity index (χ0n) is 12.3. The molecule has 2 aliphatic rings. The van der Waals surface area contributed by atoms with Gasteiger partial charge in [-0.1, -0.05) is 0 Å². The minimum absolute atomic E-state index is 0.457. The van der Waals surface area contributed by atoms with Crippen molar-refractivity contribution >= 4 is 9.84 Å². The van der Waals surface area contributed by atoms with Gasteiger partial charge in [0.05, 0.1) is 4.90 Å². The van der Waals surface area contributed by atoms with Gasteiger partial charge in [-0.15, -0.1) is 0 Å². The van der Waals surface area contributed by atoms with Crippen LogP contribution >= 0.6 is 0 Å². The summed E-state index contributed by atoms with van der Waals surface area (Å²) in [5.74, 6) is -7.63. The van der Waals surface area contributed by atoms with E-state index in [0.29, 0.717) is 0 Å². The number of rotatable bonds is 3. The van der Waals surface area contributed by atoms with E-state index >= 15 is 0 Å². The highest BCUT2D eigenvalue weighted by Crippen LogP contribution is 2.57. The lowest BCUT2D eigenvalue weighted by Crippen LogP contribution is -2.43. The van der Waals surface area contributed by atoms with Crippen LogP contribution in [0.25, 0.3) is 0 Å². The predicted octanol–water partition coefficient (Wildman–Crippen LogP) is 2.96. The molecule has 1 saturated carbocycles. The van der Waals surface area contributed by atoms with Gasteiger partial charge in [0.1, 0.15) is 18.0 Å². The van der Waals surface area contributed by atoms with Gasteiger partial charge in [0.15, 0.2) is 16.0 Å². The molecule has 1 aromatic rings. The number of benzene rings is 1. The molecule has 0 heterocycles. The number of sulfone groups is 1. The average molecular weight is 372 g/mol. The van der Waals surface area contributed by atoms with Gasteiger partial charge >= 0.3 is 5.92 Å². The van der Waals surface area contributed by atoms with Crippen LogP contribution < -0.4 is 4.74 Å². The molecule has 4 nitrogen and oxygen atoms in total. The fourth-order valence-electron chi connectivity index (χ4n) is 2.96.